The molecule has 0 unspecified atom stereocenters. The van der Waals surface area contributed by atoms with Crippen molar-refractivity contribution in [3.8, 4) is 16.8 Å². The zero-order valence-corrected chi connectivity index (χ0v) is 17.7. The highest BCUT2D eigenvalue weighted by atomic mass is 19.1. The van der Waals surface area contributed by atoms with Crippen LogP contribution < -0.4 is 10.9 Å². The van der Waals surface area contributed by atoms with Gasteiger partial charge in [0.25, 0.3) is 11.5 Å². The zero-order valence-electron chi connectivity index (χ0n) is 17.7. The highest BCUT2D eigenvalue weighted by molar-refractivity contribution is 5.93. The van der Waals surface area contributed by atoms with Gasteiger partial charge < -0.3 is 9.84 Å². The monoisotopic (exact) mass is 433 g/mol. The van der Waals surface area contributed by atoms with Crippen LogP contribution in [0.15, 0.2) is 63.9 Å². The number of rotatable bonds is 5. The molecule has 0 saturated carbocycles. The molecule has 4 rings (SSSR count). The quantitative estimate of drug-likeness (QED) is 0.517. The van der Waals surface area contributed by atoms with E-state index >= 15 is 0 Å². The number of carbonyl (C=O) groups excluding carboxylic acids is 1. The van der Waals surface area contributed by atoms with Crippen LogP contribution >= 0.6 is 0 Å². The summed E-state index contributed by atoms with van der Waals surface area (Å²) in [5.41, 5.74) is 1.75. The van der Waals surface area contributed by atoms with E-state index in [-0.39, 0.29) is 11.6 Å². The van der Waals surface area contributed by atoms with E-state index in [2.05, 4.69) is 20.6 Å². The maximum atomic E-state index is 13.4. The van der Waals surface area contributed by atoms with E-state index in [1.54, 1.807) is 19.9 Å². The molecule has 32 heavy (non-hydrogen) atoms. The van der Waals surface area contributed by atoms with Crippen LogP contribution in [0.4, 0.5) is 4.39 Å². The van der Waals surface area contributed by atoms with Crippen molar-refractivity contribution >= 4 is 5.91 Å². The summed E-state index contributed by atoms with van der Waals surface area (Å²) in [6, 6.07) is 13.5. The van der Waals surface area contributed by atoms with Crippen LogP contribution in [0.5, 0.6) is 0 Å². The lowest BCUT2D eigenvalue weighted by Crippen LogP contribution is -2.32. The smallest absolute Gasteiger partial charge is 0.279 e. The lowest BCUT2D eigenvalue weighted by Gasteiger charge is -2.14. The molecule has 0 aliphatic rings. The molecule has 1 amide bonds. The van der Waals surface area contributed by atoms with Gasteiger partial charge in [0.1, 0.15) is 17.6 Å². The number of aryl methyl sites for hydroxylation is 2. The molecule has 0 fully saturated rings. The molecular formula is C23H20FN5O3. The summed E-state index contributed by atoms with van der Waals surface area (Å²) in [7, 11) is 0. The van der Waals surface area contributed by atoms with Crippen LogP contribution in [0.25, 0.3) is 16.8 Å². The summed E-state index contributed by atoms with van der Waals surface area (Å²) in [5.74, 6) is -0.273. The van der Waals surface area contributed by atoms with Crippen molar-refractivity contribution in [3.05, 3.63) is 93.7 Å². The van der Waals surface area contributed by atoms with Gasteiger partial charge in [-0.2, -0.15) is 14.8 Å². The molecule has 1 N–H and O–H groups in total. The van der Waals surface area contributed by atoms with Crippen LogP contribution in [0.2, 0.25) is 0 Å². The molecule has 2 heterocycles. The Hall–Kier alpha value is -4.14. The molecule has 8 nitrogen and oxygen atoms in total. The fourth-order valence-corrected chi connectivity index (χ4v) is 3.25. The Morgan fingerprint density at radius 1 is 1.09 bits per heavy atom. The predicted octanol–water partition coefficient (Wildman–Crippen LogP) is 3.53. The van der Waals surface area contributed by atoms with Gasteiger partial charge in [-0.1, -0.05) is 29.4 Å². The number of hydrogen-bond acceptors (Lipinski definition) is 6. The van der Waals surface area contributed by atoms with E-state index in [1.165, 1.54) is 30.3 Å². The maximum absolute atomic E-state index is 13.4. The molecule has 162 valence electrons. The molecule has 2 aromatic carbocycles. The fraction of sp³-hybridized carbons (Fsp3) is 0.174. The summed E-state index contributed by atoms with van der Waals surface area (Å²) < 4.78 is 19.6. The molecule has 0 bridgehead atoms. The third kappa shape index (κ3) is 4.18. The molecule has 0 radical (unpaired) electrons. The minimum Gasteiger partial charge on any atom is -0.339 e. The Morgan fingerprint density at radius 3 is 2.47 bits per heavy atom. The number of halogens is 1. The Kier molecular flexibility index (Phi) is 5.63. The van der Waals surface area contributed by atoms with E-state index in [0.29, 0.717) is 22.6 Å². The highest BCUT2D eigenvalue weighted by Crippen LogP contribution is 2.21. The largest absolute Gasteiger partial charge is 0.339 e. The van der Waals surface area contributed by atoms with E-state index in [1.807, 2.05) is 25.1 Å². The van der Waals surface area contributed by atoms with Crippen LogP contribution in [-0.4, -0.2) is 25.8 Å². The van der Waals surface area contributed by atoms with Gasteiger partial charge in [-0.05, 0) is 62.2 Å². The van der Waals surface area contributed by atoms with E-state index in [4.69, 9.17) is 4.52 Å². The highest BCUT2D eigenvalue weighted by Gasteiger charge is 2.21. The normalized spacial score (nSPS) is 11.9. The third-order valence-electron chi connectivity index (χ3n) is 4.91. The van der Waals surface area contributed by atoms with Crippen molar-refractivity contribution in [2.45, 2.75) is 26.8 Å². The fourth-order valence-electron chi connectivity index (χ4n) is 3.25. The summed E-state index contributed by atoms with van der Waals surface area (Å²) in [6.07, 6.45) is 0. The first-order valence-corrected chi connectivity index (χ1v) is 9.91. The number of amides is 1. The third-order valence-corrected chi connectivity index (χ3v) is 4.91. The van der Waals surface area contributed by atoms with Crippen molar-refractivity contribution in [2.24, 2.45) is 0 Å². The topological polar surface area (TPSA) is 103 Å². The van der Waals surface area contributed by atoms with Crippen LogP contribution in [0.3, 0.4) is 0 Å². The minimum absolute atomic E-state index is 0.00950. The molecule has 0 spiro atoms. The second-order valence-corrected chi connectivity index (χ2v) is 7.33. The van der Waals surface area contributed by atoms with Gasteiger partial charge in [0.2, 0.25) is 5.89 Å². The first kappa shape index (κ1) is 21.1. The summed E-state index contributed by atoms with van der Waals surface area (Å²) in [4.78, 5) is 30.4. The second kappa shape index (κ2) is 8.54. The predicted molar refractivity (Wildman–Crippen MR) is 115 cm³/mol. The minimum atomic E-state index is -0.571. The molecule has 0 aliphatic heterocycles. The molecular weight excluding hydrogens is 413 g/mol. The lowest BCUT2D eigenvalue weighted by molar-refractivity contribution is 0.0925. The van der Waals surface area contributed by atoms with Crippen LogP contribution in [0, 0.1) is 19.7 Å². The molecule has 4 aromatic rings. The lowest BCUT2D eigenvalue weighted by atomic mass is 10.0. The number of nitrogens with one attached hydrogen (secondary N) is 1. The molecule has 9 heteroatoms. The van der Waals surface area contributed by atoms with Gasteiger partial charge in [-0.15, -0.1) is 0 Å². The van der Waals surface area contributed by atoms with Crippen molar-refractivity contribution in [2.75, 3.05) is 0 Å². The Labute approximate surface area is 182 Å². The number of carbonyl (C=O) groups is 1. The number of aromatic nitrogens is 4. The second-order valence-electron chi connectivity index (χ2n) is 7.33. The summed E-state index contributed by atoms with van der Waals surface area (Å²) in [6.45, 7) is 5.25. The first-order chi connectivity index (χ1) is 15.3. The van der Waals surface area contributed by atoms with Crippen molar-refractivity contribution in [1.29, 1.82) is 0 Å². The van der Waals surface area contributed by atoms with Crippen molar-refractivity contribution in [1.82, 2.24) is 25.2 Å². The molecule has 0 aliphatic carbocycles. The zero-order chi connectivity index (χ0) is 22.8. The Morgan fingerprint density at radius 2 is 1.81 bits per heavy atom. The van der Waals surface area contributed by atoms with E-state index in [9.17, 15) is 14.0 Å². The van der Waals surface area contributed by atoms with E-state index < -0.39 is 23.3 Å². The number of hydrogen-bond donors (Lipinski definition) is 1. The summed E-state index contributed by atoms with van der Waals surface area (Å²) >= 11 is 0. The first-order valence-electron chi connectivity index (χ1n) is 9.91. The molecule has 1 atom stereocenters. The van der Waals surface area contributed by atoms with Gasteiger partial charge in [-0.3, -0.25) is 9.59 Å². The average molecular weight is 433 g/mol. The Bertz CT molecular complexity index is 1340. The summed E-state index contributed by atoms with van der Waals surface area (Å²) in [5, 5.41) is 10.7. The SMILES string of the molecule is Cc1noc([C@@H](C)NC(=O)c2cc(-c3ccccc3C)c(=O)n(-c3ccc(F)cc3)n2)n1. The van der Waals surface area contributed by atoms with Gasteiger partial charge in [0, 0.05) is 0 Å². The van der Waals surface area contributed by atoms with Gasteiger partial charge in [0.05, 0.1) is 11.3 Å². The van der Waals surface area contributed by atoms with Crippen molar-refractivity contribution in [3.63, 3.8) is 0 Å². The number of benzene rings is 2. The van der Waals surface area contributed by atoms with E-state index in [0.717, 1.165) is 10.2 Å². The standard InChI is InChI=1S/C23H20FN5O3/c1-13-6-4-5-7-18(13)19-12-20(21(30)25-14(2)22-26-15(3)28-32-22)27-29(23(19)31)17-10-8-16(24)9-11-17/h4-12,14H,1-3H3,(H,25,30)/t14-/m1/s1. The van der Waals surface area contributed by atoms with Crippen LogP contribution in [-0.2, 0) is 0 Å². The Balaban J connectivity index is 1.81. The molecule has 2 aromatic heterocycles. The average Bonchev–Trinajstić information content (AvgIpc) is 3.22. The van der Waals surface area contributed by atoms with Crippen molar-refractivity contribution < 1.29 is 13.7 Å². The maximum Gasteiger partial charge on any atom is 0.279 e. The van der Waals surface area contributed by atoms with Gasteiger partial charge in [0.15, 0.2) is 5.82 Å². The van der Waals surface area contributed by atoms with Gasteiger partial charge in [-0.25, -0.2) is 4.39 Å². The van der Waals surface area contributed by atoms with Gasteiger partial charge >= 0.3 is 0 Å². The molecule has 0 saturated heterocycles. The number of nitrogens with zero attached hydrogens (tertiary/aromatic N) is 4. The van der Waals surface area contributed by atoms with Crippen LogP contribution in [0.1, 0.15) is 40.7 Å².